The highest BCUT2D eigenvalue weighted by Gasteiger charge is 2.35. The smallest absolute Gasteiger partial charge is 0.310 e. The van der Waals surface area contributed by atoms with Gasteiger partial charge in [-0.3, -0.25) is 14.4 Å². The summed E-state index contributed by atoms with van der Waals surface area (Å²) in [6, 6.07) is 14.4. The Kier molecular flexibility index (Phi) is 7.97. The highest BCUT2D eigenvalue weighted by molar-refractivity contribution is 5.97. The first-order chi connectivity index (χ1) is 16.1. The lowest BCUT2D eigenvalue weighted by atomic mass is 9.91. The molecular formula is C27H34N2O5. The predicted octanol–water partition coefficient (Wildman–Crippen LogP) is 4.51. The highest BCUT2D eigenvalue weighted by Crippen LogP contribution is 2.30. The predicted molar refractivity (Wildman–Crippen MR) is 130 cm³/mol. The second-order valence-corrected chi connectivity index (χ2v) is 9.74. The summed E-state index contributed by atoms with van der Waals surface area (Å²) in [5.74, 6) is -0.649. The van der Waals surface area contributed by atoms with Gasteiger partial charge in [0, 0.05) is 24.1 Å². The van der Waals surface area contributed by atoms with E-state index < -0.39 is 23.4 Å². The second kappa shape index (κ2) is 10.7. The van der Waals surface area contributed by atoms with Gasteiger partial charge in [-0.15, -0.1) is 0 Å². The molecule has 2 aromatic carbocycles. The maximum absolute atomic E-state index is 13.3. The highest BCUT2D eigenvalue weighted by atomic mass is 16.5. The number of piperidine rings is 1. The molecule has 1 N–H and O–H groups in total. The molecule has 1 saturated heterocycles. The fraction of sp³-hybridized carbons (Fsp3) is 0.444. The van der Waals surface area contributed by atoms with Crippen LogP contribution in [-0.2, 0) is 19.1 Å². The Labute approximate surface area is 201 Å². The van der Waals surface area contributed by atoms with Crippen LogP contribution in [0, 0.1) is 18.3 Å². The van der Waals surface area contributed by atoms with Gasteiger partial charge in [-0.25, -0.2) is 0 Å². The van der Waals surface area contributed by atoms with Crippen LogP contribution in [0.5, 0.6) is 5.75 Å². The van der Waals surface area contributed by atoms with Crippen LogP contribution in [0.4, 0.5) is 5.69 Å². The number of hydrogen-bond acceptors (Lipinski definition) is 5. The summed E-state index contributed by atoms with van der Waals surface area (Å²) >= 11 is 0. The van der Waals surface area contributed by atoms with E-state index >= 15 is 0 Å². The molecule has 2 amide bonds. The van der Waals surface area contributed by atoms with Crippen molar-refractivity contribution in [3.63, 3.8) is 0 Å². The average Bonchev–Trinajstić information content (AvgIpc) is 2.82. The molecule has 1 aliphatic heterocycles. The largest absolute Gasteiger partial charge is 0.495 e. The van der Waals surface area contributed by atoms with E-state index in [9.17, 15) is 14.4 Å². The van der Waals surface area contributed by atoms with Crippen molar-refractivity contribution in [3.8, 4) is 5.75 Å². The number of nitrogens with zero attached hydrogens (tertiary/aromatic N) is 1. The summed E-state index contributed by atoms with van der Waals surface area (Å²) in [5, 5.41) is 2.85. The third-order valence-electron chi connectivity index (χ3n) is 5.94. The molecule has 0 spiro atoms. The van der Waals surface area contributed by atoms with Crippen molar-refractivity contribution in [3.05, 3.63) is 59.7 Å². The number of ether oxygens (including phenoxy) is 2. The van der Waals surface area contributed by atoms with Crippen molar-refractivity contribution in [2.75, 3.05) is 25.5 Å². The number of likely N-dealkylation sites (tertiary alicyclic amines) is 1. The van der Waals surface area contributed by atoms with E-state index in [-0.39, 0.29) is 11.8 Å². The van der Waals surface area contributed by atoms with Crippen LogP contribution in [0.1, 0.15) is 50.8 Å². The van der Waals surface area contributed by atoms with Gasteiger partial charge in [-0.1, -0.05) is 57.2 Å². The Morgan fingerprint density at radius 1 is 1.03 bits per heavy atom. The summed E-state index contributed by atoms with van der Waals surface area (Å²) in [6.07, 6.45) is -0.0847. The van der Waals surface area contributed by atoms with Gasteiger partial charge >= 0.3 is 5.97 Å². The Hall–Kier alpha value is -3.35. The van der Waals surface area contributed by atoms with Crippen molar-refractivity contribution >= 4 is 23.5 Å². The van der Waals surface area contributed by atoms with Gasteiger partial charge in [0.05, 0.1) is 18.7 Å². The SMILES string of the molecule is COc1ccc(C)cc1NC(=O)C(OC(=O)C1CCN(C(=O)C(C)(C)C)CC1)c1ccccc1. The van der Waals surface area contributed by atoms with Gasteiger partial charge in [0.1, 0.15) is 5.75 Å². The third-order valence-corrected chi connectivity index (χ3v) is 5.94. The number of hydrogen-bond donors (Lipinski definition) is 1. The lowest BCUT2D eigenvalue weighted by molar-refractivity contribution is -0.161. The van der Waals surface area contributed by atoms with Crippen LogP contribution in [0.25, 0.3) is 0 Å². The topological polar surface area (TPSA) is 84.9 Å². The Morgan fingerprint density at radius 2 is 1.68 bits per heavy atom. The van der Waals surface area contributed by atoms with E-state index in [0.29, 0.717) is 42.9 Å². The molecule has 1 unspecified atom stereocenters. The average molecular weight is 467 g/mol. The van der Waals surface area contributed by atoms with Crippen LogP contribution in [0.3, 0.4) is 0 Å². The summed E-state index contributed by atoms with van der Waals surface area (Å²) in [4.78, 5) is 40.7. The monoisotopic (exact) mass is 466 g/mol. The number of aryl methyl sites for hydroxylation is 1. The number of esters is 1. The van der Waals surface area contributed by atoms with E-state index in [2.05, 4.69) is 5.32 Å². The van der Waals surface area contributed by atoms with Crippen molar-refractivity contribution in [1.29, 1.82) is 0 Å². The zero-order valence-corrected chi connectivity index (χ0v) is 20.6. The van der Waals surface area contributed by atoms with E-state index in [0.717, 1.165) is 5.56 Å². The summed E-state index contributed by atoms with van der Waals surface area (Å²) in [5.41, 5.74) is 1.60. The molecule has 182 valence electrons. The van der Waals surface area contributed by atoms with Gasteiger partial charge in [-0.05, 0) is 37.5 Å². The van der Waals surface area contributed by atoms with Gasteiger partial charge in [0.15, 0.2) is 0 Å². The maximum atomic E-state index is 13.3. The van der Waals surface area contributed by atoms with Crippen molar-refractivity contribution in [2.45, 2.75) is 46.6 Å². The van der Waals surface area contributed by atoms with Crippen LogP contribution in [0.2, 0.25) is 0 Å². The minimum atomic E-state index is -1.10. The van der Waals surface area contributed by atoms with Crippen LogP contribution >= 0.6 is 0 Å². The number of rotatable bonds is 6. The summed E-state index contributed by atoms with van der Waals surface area (Å²) in [6.45, 7) is 8.59. The molecule has 1 heterocycles. The van der Waals surface area contributed by atoms with Gasteiger partial charge < -0.3 is 19.7 Å². The summed E-state index contributed by atoms with van der Waals surface area (Å²) < 4.78 is 11.1. The van der Waals surface area contributed by atoms with Gasteiger partial charge in [0.2, 0.25) is 12.0 Å². The van der Waals surface area contributed by atoms with Gasteiger partial charge in [0.25, 0.3) is 5.91 Å². The standard InChI is InChI=1S/C27H34N2O5/c1-18-11-12-22(33-5)21(17-18)28-24(30)23(19-9-7-6-8-10-19)34-25(31)20-13-15-29(16-14-20)26(32)27(2,3)4/h6-12,17,20,23H,13-16H2,1-5H3,(H,28,30). The second-order valence-electron chi connectivity index (χ2n) is 9.74. The first-order valence-electron chi connectivity index (χ1n) is 11.6. The molecular weight excluding hydrogens is 432 g/mol. The number of anilines is 1. The van der Waals surface area contributed by atoms with Crippen molar-refractivity contribution in [2.24, 2.45) is 11.3 Å². The molecule has 0 saturated carbocycles. The van der Waals surface area contributed by atoms with Crippen LogP contribution in [0.15, 0.2) is 48.5 Å². The fourth-order valence-electron chi connectivity index (χ4n) is 4.02. The Balaban J connectivity index is 1.73. The molecule has 0 aromatic heterocycles. The molecule has 7 heteroatoms. The molecule has 34 heavy (non-hydrogen) atoms. The van der Waals surface area contributed by atoms with Crippen molar-refractivity contribution in [1.82, 2.24) is 4.90 Å². The summed E-state index contributed by atoms with van der Waals surface area (Å²) in [7, 11) is 1.53. The molecule has 7 nitrogen and oxygen atoms in total. The molecule has 0 aliphatic carbocycles. The quantitative estimate of drug-likeness (QED) is 0.633. The van der Waals surface area contributed by atoms with E-state index in [1.54, 1.807) is 35.2 Å². The zero-order valence-electron chi connectivity index (χ0n) is 20.6. The molecule has 3 rings (SSSR count). The van der Waals surface area contributed by atoms with E-state index in [1.165, 1.54) is 7.11 Å². The zero-order chi connectivity index (χ0) is 24.9. The van der Waals surface area contributed by atoms with E-state index in [4.69, 9.17) is 9.47 Å². The van der Waals surface area contributed by atoms with Gasteiger partial charge in [-0.2, -0.15) is 0 Å². The normalized spacial score (nSPS) is 15.4. The lowest BCUT2D eigenvalue weighted by Gasteiger charge is -2.35. The van der Waals surface area contributed by atoms with Crippen molar-refractivity contribution < 1.29 is 23.9 Å². The maximum Gasteiger partial charge on any atom is 0.310 e. The third kappa shape index (κ3) is 6.16. The number of amides is 2. The first kappa shape index (κ1) is 25.3. The first-order valence-corrected chi connectivity index (χ1v) is 11.6. The minimum Gasteiger partial charge on any atom is -0.495 e. The van der Waals surface area contributed by atoms with E-state index in [1.807, 2.05) is 45.9 Å². The molecule has 0 bridgehead atoms. The number of benzene rings is 2. The number of carbonyl (C=O) groups excluding carboxylic acids is 3. The van der Waals surface area contributed by atoms with Crippen LogP contribution < -0.4 is 10.1 Å². The molecule has 1 atom stereocenters. The molecule has 0 radical (unpaired) electrons. The molecule has 1 aliphatic rings. The molecule has 2 aromatic rings. The minimum absolute atomic E-state index is 0.0768. The fourth-order valence-corrected chi connectivity index (χ4v) is 4.02. The van der Waals surface area contributed by atoms with Crippen LogP contribution in [-0.4, -0.2) is 42.9 Å². The number of nitrogens with one attached hydrogen (secondary N) is 1. The lowest BCUT2D eigenvalue weighted by Crippen LogP contribution is -2.45. The Morgan fingerprint density at radius 3 is 2.26 bits per heavy atom. The Bertz CT molecular complexity index is 1020. The number of methoxy groups -OCH3 is 1. The number of carbonyl (C=O) groups is 3. The molecule has 1 fully saturated rings.